The summed E-state index contributed by atoms with van der Waals surface area (Å²) >= 11 is 5.72. The van der Waals surface area contributed by atoms with Gasteiger partial charge < -0.3 is 14.9 Å². The van der Waals surface area contributed by atoms with Crippen LogP contribution in [0.4, 0.5) is 0 Å². The third kappa shape index (κ3) is 4.63. The van der Waals surface area contributed by atoms with E-state index in [1.54, 1.807) is 6.07 Å². The summed E-state index contributed by atoms with van der Waals surface area (Å²) in [5, 5.41) is 22.5. The Labute approximate surface area is 144 Å². The zero-order valence-electron chi connectivity index (χ0n) is 13.2. The minimum atomic E-state index is -0.432. The van der Waals surface area contributed by atoms with Crippen molar-refractivity contribution in [2.75, 3.05) is 6.61 Å². The first kappa shape index (κ1) is 17.6. The van der Waals surface area contributed by atoms with Crippen LogP contribution in [0.1, 0.15) is 16.7 Å². The Bertz CT molecular complexity index is 767. The number of hydrazone groups is 1. The highest BCUT2D eigenvalue weighted by atomic mass is 35.5. The van der Waals surface area contributed by atoms with E-state index >= 15 is 0 Å². The van der Waals surface area contributed by atoms with Crippen LogP contribution in [0.5, 0.6) is 17.2 Å². The van der Waals surface area contributed by atoms with Crippen molar-refractivity contribution < 1.29 is 19.7 Å². The Balaban J connectivity index is 1.87. The highest BCUT2D eigenvalue weighted by Crippen LogP contribution is 2.33. The molecule has 1 amide bonds. The van der Waals surface area contributed by atoms with Crippen molar-refractivity contribution in [1.82, 2.24) is 5.43 Å². The number of halogens is 1. The molecule has 0 aliphatic carbocycles. The molecule has 0 unspecified atom stereocenters. The fraction of sp³-hybridized carbons (Fsp3) is 0.176. The van der Waals surface area contributed by atoms with Gasteiger partial charge in [0, 0.05) is 0 Å². The fourth-order valence-corrected chi connectivity index (χ4v) is 2.07. The highest BCUT2D eigenvalue weighted by Gasteiger charge is 2.06. The molecule has 3 N–H and O–H groups in total. The van der Waals surface area contributed by atoms with Crippen LogP contribution in [0, 0.1) is 13.8 Å². The monoisotopic (exact) mass is 348 g/mol. The van der Waals surface area contributed by atoms with Crippen molar-refractivity contribution in [2.45, 2.75) is 13.8 Å². The van der Waals surface area contributed by atoms with Crippen LogP contribution >= 0.6 is 11.6 Å². The van der Waals surface area contributed by atoms with Crippen molar-refractivity contribution in [3.05, 3.63) is 52.0 Å². The molecule has 0 bridgehead atoms. The Morgan fingerprint density at radius 2 is 2.00 bits per heavy atom. The molecule has 6 nitrogen and oxygen atoms in total. The molecule has 24 heavy (non-hydrogen) atoms. The Morgan fingerprint density at radius 3 is 2.67 bits per heavy atom. The van der Waals surface area contributed by atoms with E-state index in [2.05, 4.69) is 10.5 Å². The number of nitrogens with one attached hydrogen (secondary N) is 1. The van der Waals surface area contributed by atoms with Gasteiger partial charge in [0.1, 0.15) is 5.75 Å². The summed E-state index contributed by atoms with van der Waals surface area (Å²) in [5.41, 5.74) is 4.95. The summed E-state index contributed by atoms with van der Waals surface area (Å²) < 4.78 is 5.38. The Hall–Kier alpha value is -2.73. The molecule has 0 saturated heterocycles. The van der Waals surface area contributed by atoms with Crippen LogP contribution in [0.25, 0.3) is 0 Å². The number of hydrogen-bond donors (Lipinski definition) is 3. The molecule has 0 heterocycles. The largest absolute Gasteiger partial charge is 0.504 e. The number of nitrogens with zero attached hydrogens (tertiary/aromatic N) is 1. The molecule has 0 aliphatic rings. The van der Waals surface area contributed by atoms with E-state index < -0.39 is 11.7 Å². The molecule has 7 heteroatoms. The number of aromatic hydroxyl groups is 2. The third-order valence-electron chi connectivity index (χ3n) is 3.32. The first-order valence-electron chi connectivity index (χ1n) is 7.10. The molecule has 0 radical (unpaired) electrons. The van der Waals surface area contributed by atoms with Gasteiger partial charge in [0.25, 0.3) is 5.91 Å². The van der Waals surface area contributed by atoms with Crippen LogP contribution in [0.3, 0.4) is 0 Å². The summed E-state index contributed by atoms with van der Waals surface area (Å²) in [5.74, 6) is -0.598. The molecule has 2 aromatic carbocycles. The fourth-order valence-electron chi connectivity index (χ4n) is 1.84. The molecule has 2 rings (SSSR count). The van der Waals surface area contributed by atoms with Gasteiger partial charge in [-0.3, -0.25) is 4.79 Å². The van der Waals surface area contributed by atoms with E-state index in [-0.39, 0.29) is 17.4 Å². The van der Waals surface area contributed by atoms with Gasteiger partial charge in [-0.15, -0.1) is 0 Å². The van der Waals surface area contributed by atoms with E-state index in [9.17, 15) is 15.0 Å². The van der Waals surface area contributed by atoms with Gasteiger partial charge in [-0.25, -0.2) is 5.43 Å². The molecule has 126 valence electrons. The maximum absolute atomic E-state index is 11.7. The number of phenolic OH excluding ortho intramolecular Hbond substituents is 2. The molecule has 0 fully saturated rings. The topological polar surface area (TPSA) is 91.2 Å². The first-order chi connectivity index (χ1) is 11.4. The molecular formula is C17H17ClN2O4. The first-order valence-corrected chi connectivity index (χ1v) is 7.48. The quantitative estimate of drug-likeness (QED) is 0.440. The van der Waals surface area contributed by atoms with Gasteiger partial charge in [0.05, 0.1) is 11.2 Å². The summed E-state index contributed by atoms with van der Waals surface area (Å²) in [7, 11) is 0. The van der Waals surface area contributed by atoms with Gasteiger partial charge in [0.2, 0.25) is 0 Å². The summed E-state index contributed by atoms with van der Waals surface area (Å²) in [4.78, 5) is 11.7. The van der Waals surface area contributed by atoms with E-state index in [0.717, 1.165) is 11.1 Å². The molecule has 0 saturated carbocycles. The number of carbonyl (C=O) groups is 1. The van der Waals surface area contributed by atoms with Crippen LogP contribution in [-0.4, -0.2) is 28.9 Å². The lowest BCUT2D eigenvalue weighted by molar-refractivity contribution is -0.123. The number of benzene rings is 2. The van der Waals surface area contributed by atoms with Crippen molar-refractivity contribution in [1.29, 1.82) is 0 Å². The number of carbonyl (C=O) groups excluding carboxylic acids is 1. The minimum absolute atomic E-state index is 0.0131. The average molecular weight is 349 g/mol. The smallest absolute Gasteiger partial charge is 0.277 e. The van der Waals surface area contributed by atoms with E-state index in [4.69, 9.17) is 16.3 Å². The maximum atomic E-state index is 11.7. The van der Waals surface area contributed by atoms with E-state index in [1.165, 1.54) is 18.3 Å². The standard InChI is InChI=1S/C17H17ClN2O4/c1-10-3-4-13(5-11(10)2)24-9-16(22)20-19-8-12-6-14(18)17(23)15(21)7-12/h3-8,21,23H,9H2,1-2H3,(H,20,22)/b19-8+. The molecular weight excluding hydrogens is 332 g/mol. The lowest BCUT2D eigenvalue weighted by atomic mass is 10.1. The van der Waals surface area contributed by atoms with Gasteiger partial charge in [-0.1, -0.05) is 17.7 Å². The van der Waals surface area contributed by atoms with Crippen LogP contribution in [0.2, 0.25) is 5.02 Å². The summed E-state index contributed by atoms with van der Waals surface area (Å²) in [6.45, 7) is 3.78. The Morgan fingerprint density at radius 1 is 1.25 bits per heavy atom. The molecule has 0 atom stereocenters. The van der Waals surface area contributed by atoms with Crippen LogP contribution in [0.15, 0.2) is 35.4 Å². The number of ether oxygens (including phenoxy) is 1. The predicted molar refractivity (Wildman–Crippen MR) is 91.9 cm³/mol. The number of hydrogen-bond acceptors (Lipinski definition) is 5. The lowest BCUT2D eigenvalue weighted by Gasteiger charge is -2.07. The Kier molecular flexibility index (Phi) is 5.65. The van der Waals surface area contributed by atoms with Crippen molar-refractivity contribution in [3.63, 3.8) is 0 Å². The lowest BCUT2D eigenvalue weighted by Crippen LogP contribution is -2.24. The summed E-state index contributed by atoms with van der Waals surface area (Å²) in [6.07, 6.45) is 1.29. The molecule has 0 spiro atoms. The number of aryl methyl sites for hydroxylation is 2. The van der Waals surface area contributed by atoms with Crippen molar-refractivity contribution >= 4 is 23.7 Å². The normalized spacial score (nSPS) is 10.8. The average Bonchev–Trinajstić information content (AvgIpc) is 2.53. The molecule has 2 aromatic rings. The maximum Gasteiger partial charge on any atom is 0.277 e. The minimum Gasteiger partial charge on any atom is -0.504 e. The van der Waals surface area contributed by atoms with Gasteiger partial charge in [-0.2, -0.15) is 5.10 Å². The van der Waals surface area contributed by atoms with Crippen molar-refractivity contribution in [2.24, 2.45) is 5.10 Å². The van der Waals surface area contributed by atoms with E-state index in [1.807, 2.05) is 26.0 Å². The molecule has 0 aliphatic heterocycles. The zero-order valence-corrected chi connectivity index (χ0v) is 14.0. The van der Waals surface area contributed by atoms with Crippen molar-refractivity contribution in [3.8, 4) is 17.2 Å². The number of rotatable bonds is 5. The second-order valence-corrected chi connectivity index (χ2v) is 5.61. The van der Waals surface area contributed by atoms with Crippen LogP contribution < -0.4 is 10.2 Å². The predicted octanol–water partition coefficient (Wildman–Crippen LogP) is 2.90. The van der Waals surface area contributed by atoms with Gasteiger partial charge in [-0.05, 0) is 54.8 Å². The van der Waals surface area contributed by atoms with Gasteiger partial charge >= 0.3 is 0 Å². The highest BCUT2D eigenvalue weighted by molar-refractivity contribution is 6.32. The summed E-state index contributed by atoms with van der Waals surface area (Å²) in [6, 6.07) is 8.23. The van der Waals surface area contributed by atoms with E-state index in [0.29, 0.717) is 11.3 Å². The van der Waals surface area contributed by atoms with Gasteiger partial charge in [0.15, 0.2) is 18.1 Å². The van der Waals surface area contributed by atoms with Crippen LogP contribution in [-0.2, 0) is 4.79 Å². The third-order valence-corrected chi connectivity index (χ3v) is 3.60. The second kappa shape index (κ2) is 7.70. The molecule has 0 aromatic heterocycles. The number of amides is 1. The number of phenols is 2. The second-order valence-electron chi connectivity index (χ2n) is 5.20. The SMILES string of the molecule is Cc1ccc(OCC(=O)N/N=C/c2cc(O)c(O)c(Cl)c2)cc1C. The zero-order chi connectivity index (χ0) is 17.7.